The van der Waals surface area contributed by atoms with Crippen LogP contribution in [0.25, 0.3) is 0 Å². The molecule has 0 unspecified atom stereocenters. The lowest BCUT2D eigenvalue weighted by atomic mass is 9.95. The van der Waals surface area contributed by atoms with Crippen molar-refractivity contribution in [3.05, 3.63) is 12.3 Å². The predicted molar refractivity (Wildman–Crippen MR) is 63.2 cm³/mol. The first-order chi connectivity index (χ1) is 7.30. The molecule has 1 saturated heterocycles. The molecule has 0 spiro atoms. The van der Waals surface area contributed by atoms with Gasteiger partial charge in [0.25, 0.3) is 0 Å². The molecule has 1 aliphatic heterocycles. The highest BCUT2D eigenvalue weighted by Crippen LogP contribution is 2.23. The largest absolute Gasteiger partial charge is 0.402 e. The van der Waals surface area contributed by atoms with E-state index in [4.69, 9.17) is 10.6 Å². The van der Waals surface area contributed by atoms with Crippen LogP contribution < -0.4 is 5.73 Å². The van der Waals surface area contributed by atoms with Crippen LogP contribution in [0.4, 0.5) is 0 Å². The molecule has 2 N–H and O–H groups in total. The highest BCUT2D eigenvalue weighted by Gasteiger charge is 2.28. The third kappa shape index (κ3) is 3.52. The van der Waals surface area contributed by atoms with Crippen LogP contribution in [0.15, 0.2) is 12.3 Å². The van der Waals surface area contributed by atoms with Crippen molar-refractivity contribution in [1.29, 1.82) is 0 Å². The molecule has 4 heteroatoms. The lowest BCUT2D eigenvalue weighted by Crippen LogP contribution is -2.39. The molecule has 0 aromatic heterocycles. The average Bonchev–Trinajstić information content (AvgIpc) is 2.17. The van der Waals surface area contributed by atoms with Crippen LogP contribution in [0, 0.1) is 11.3 Å². The third-order valence-corrected chi connectivity index (χ3v) is 2.80. The van der Waals surface area contributed by atoms with Crippen LogP contribution in [-0.4, -0.2) is 24.1 Å². The number of allylic oxidation sites excluding steroid dienone is 1. The topological polar surface area (TPSA) is 55.6 Å². The maximum atomic E-state index is 11.6. The summed E-state index contributed by atoms with van der Waals surface area (Å²) < 4.78 is 0. The number of hydrogen-bond donors (Lipinski definition) is 1. The summed E-state index contributed by atoms with van der Waals surface area (Å²) in [7, 11) is 0. The predicted octanol–water partition coefficient (Wildman–Crippen LogP) is 1.68. The van der Waals surface area contributed by atoms with E-state index in [1.165, 1.54) is 0 Å². The fourth-order valence-corrected chi connectivity index (χ4v) is 1.57. The lowest BCUT2D eigenvalue weighted by molar-refractivity contribution is -0.205. The van der Waals surface area contributed by atoms with Crippen molar-refractivity contribution in [2.45, 2.75) is 33.6 Å². The minimum absolute atomic E-state index is 0.183. The van der Waals surface area contributed by atoms with Crippen LogP contribution in [0.3, 0.4) is 0 Å². The molecule has 1 fully saturated rings. The minimum atomic E-state index is -0.450. The minimum Gasteiger partial charge on any atom is -0.402 e. The first-order valence-corrected chi connectivity index (χ1v) is 5.72. The van der Waals surface area contributed by atoms with Crippen LogP contribution in [0.2, 0.25) is 0 Å². The first kappa shape index (κ1) is 13.0. The second-order valence-electron chi connectivity index (χ2n) is 5.41. The van der Waals surface area contributed by atoms with E-state index in [-0.39, 0.29) is 5.97 Å². The number of carbonyl (C=O) groups excluding carboxylic acids is 1. The van der Waals surface area contributed by atoms with Gasteiger partial charge in [-0.25, -0.2) is 4.79 Å². The summed E-state index contributed by atoms with van der Waals surface area (Å²) in [5, 5.41) is 1.73. The number of piperidine rings is 1. The van der Waals surface area contributed by atoms with E-state index >= 15 is 0 Å². The number of hydroxylamine groups is 2. The zero-order chi connectivity index (χ0) is 12.3. The van der Waals surface area contributed by atoms with Crippen molar-refractivity contribution in [3.8, 4) is 0 Å². The van der Waals surface area contributed by atoms with Gasteiger partial charge in [-0.3, -0.25) is 0 Å². The molecular formula is C12H22N2O2. The Hall–Kier alpha value is -1.03. The van der Waals surface area contributed by atoms with Crippen LogP contribution >= 0.6 is 0 Å². The Kier molecular flexibility index (Phi) is 3.97. The van der Waals surface area contributed by atoms with Gasteiger partial charge in [0, 0.05) is 24.7 Å². The molecule has 0 radical (unpaired) electrons. The Morgan fingerprint density at radius 2 is 1.88 bits per heavy atom. The van der Waals surface area contributed by atoms with Crippen molar-refractivity contribution in [2.24, 2.45) is 17.1 Å². The summed E-state index contributed by atoms with van der Waals surface area (Å²) in [6.07, 6.45) is 1.82. The van der Waals surface area contributed by atoms with Crippen molar-refractivity contribution in [1.82, 2.24) is 5.06 Å². The number of hydrogen-bond acceptors (Lipinski definition) is 4. The van der Waals surface area contributed by atoms with E-state index < -0.39 is 5.41 Å². The number of rotatable bonds is 2. The van der Waals surface area contributed by atoms with Gasteiger partial charge in [0.15, 0.2) is 0 Å². The zero-order valence-corrected chi connectivity index (χ0v) is 10.5. The SMILES string of the molecule is C=C(N)C1CCN(OC(=O)C(C)(C)C)CC1. The summed E-state index contributed by atoms with van der Waals surface area (Å²) in [5.41, 5.74) is 5.95. The van der Waals surface area contributed by atoms with Gasteiger partial charge in [-0.15, -0.1) is 5.06 Å². The molecule has 1 heterocycles. The van der Waals surface area contributed by atoms with E-state index in [1.54, 1.807) is 5.06 Å². The van der Waals surface area contributed by atoms with Crippen molar-refractivity contribution in [2.75, 3.05) is 13.1 Å². The molecule has 4 nitrogen and oxygen atoms in total. The Bertz CT molecular complexity index is 273. The average molecular weight is 226 g/mol. The Morgan fingerprint density at radius 1 is 1.38 bits per heavy atom. The smallest absolute Gasteiger partial charge is 0.330 e. The molecule has 0 aliphatic carbocycles. The van der Waals surface area contributed by atoms with Gasteiger partial charge in [0.1, 0.15) is 0 Å². The van der Waals surface area contributed by atoms with Gasteiger partial charge < -0.3 is 10.6 Å². The second kappa shape index (κ2) is 4.87. The molecular weight excluding hydrogens is 204 g/mol. The Labute approximate surface area is 97.4 Å². The molecule has 0 atom stereocenters. The second-order valence-corrected chi connectivity index (χ2v) is 5.41. The molecule has 0 aromatic carbocycles. The molecule has 0 saturated carbocycles. The van der Waals surface area contributed by atoms with E-state index in [0.717, 1.165) is 31.6 Å². The summed E-state index contributed by atoms with van der Waals surface area (Å²) in [5.74, 6) is 0.183. The molecule has 0 amide bonds. The summed E-state index contributed by atoms with van der Waals surface area (Å²) in [6, 6.07) is 0. The molecule has 92 valence electrons. The molecule has 1 aliphatic rings. The van der Waals surface area contributed by atoms with Crippen LogP contribution in [0.1, 0.15) is 33.6 Å². The van der Waals surface area contributed by atoms with E-state index in [9.17, 15) is 4.79 Å². The van der Waals surface area contributed by atoms with Gasteiger partial charge in [0.2, 0.25) is 0 Å². The zero-order valence-electron chi connectivity index (χ0n) is 10.5. The maximum absolute atomic E-state index is 11.6. The third-order valence-electron chi connectivity index (χ3n) is 2.80. The first-order valence-electron chi connectivity index (χ1n) is 5.72. The fraction of sp³-hybridized carbons (Fsp3) is 0.750. The molecule has 0 bridgehead atoms. The quantitative estimate of drug-likeness (QED) is 0.778. The van der Waals surface area contributed by atoms with E-state index in [0.29, 0.717) is 5.92 Å². The van der Waals surface area contributed by atoms with Gasteiger partial charge in [-0.05, 0) is 33.6 Å². The van der Waals surface area contributed by atoms with E-state index in [1.807, 2.05) is 20.8 Å². The number of carbonyl (C=O) groups is 1. The van der Waals surface area contributed by atoms with Gasteiger partial charge in [0.05, 0.1) is 5.41 Å². The Morgan fingerprint density at radius 3 is 2.25 bits per heavy atom. The summed E-state index contributed by atoms with van der Waals surface area (Å²) in [4.78, 5) is 16.9. The summed E-state index contributed by atoms with van der Waals surface area (Å²) >= 11 is 0. The number of nitrogens with two attached hydrogens (primary N) is 1. The van der Waals surface area contributed by atoms with Gasteiger partial charge in [-0.1, -0.05) is 6.58 Å². The Balaban J connectivity index is 2.38. The lowest BCUT2D eigenvalue weighted by Gasteiger charge is -2.32. The monoisotopic (exact) mass is 226 g/mol. The molecule has 1 rings (SSSR count). The normalized spacial score (nSPS) is 19.4. The highest BCUT2D eigenvalue weighted by molar-refractivity contribution is 5.75. The summed E-state index contributed by atoms with van der Waals surface area (Å²) in [6.45, 7) is 10.8. The van der Waals surface area contributed by atoms with Crippen molar-refractivity contribution < 1.29 is 9.63 Å². The van der Waals surface area contributed by atoms with Crippen LogP contribution in [0.5, 0.6) is 0 Å². The standard InChI is InChI=1S/C12H22N2O2/c1-9(13)10-5-7-14(8-6-10)16-11(15)12(2,3)4/h10H,1,5-8,13H2,2-4H3. The molecule has 16 heavy (non-hydrogen) atoms. The number of nitrogens with zero attached hydrogens (tertiary/aromatic N) is 1. The van der Waals surface area contributed by atoms with Crippen molar-refractivity contribution in [3.63, 3.8) is 0 Å². The van der Waals surface area contributed by atoms with E-state index in [2.05, 4.69) is 6.58 Å². The maximum Gasteiger partial charge on any atom is 0.330 e. The molecule has 0 aromatic rings. The van der Waals surface area contributed by atoms with Crippen LogP contribution in [-0.2, 0) is 9.63 Å². The van der Waals surface area contributed by atoms with Crippen molar-refractivity contribution >= 4 is 5.97 Å². The fourth-order valence-electron chi connectivity index (χ4n) is 1.57. The van der Waals surface area contributed by atoms with Gasteiger partial charge in [-0.2, -0.15) is 0 Å². The highest BCUT2D eigenvalue weighted by atomic mass is 16.7. The van der Waals surface area contributed by atoms with Gasteiger partial charge >= 0.3 is 5.97 Å².